The summed E-state index contributed by atoms with van der Waals surface area (Å²) in [6, 6.07) is 87.7. The molecule has 2 aliphatic rings. The molecule has 0 N–H and O–H groups in total. The molecule has 4 heteroatoms. The molecule has 2 aromatic heterocycles. The van der Waals surface area contributed by atoms with Crippen molar-refractivity contribution >= 4 is 33.0 Å². The monoisotopic (exact) mass is 904 g/mol. The van der Waals surface area contributed by atoms with Crippen molar-refractivity contribution in [2.24, 2.45) is 0 Å². The highest BCUT2D eigenvalue weighted by atomic mass is 16.4. The van der Waals surface area contributed by atoms with Crippen molar-refractivity contribution in [3.63, 3.8) is 0 Å². The molecule has 0 atom stereocenters. The van der Waals surface area contributed by atoms with E-state index in [0.29, 0.717) is 11.8 Å². The Morgan fingerprint density at radius 2 is 0.746 bits per heavy atom. The molecule has 0 aliphatic heterocycles. The average Bonchev–Trinajstić information content (AvgIpc) is 4.22. The van der Waals surface area contributed by atoms with E-state index in [1.54, 1.807) is 0 Å². The first kappa shape index (κ1) is 39.6. The Kier molecular flexibility index (Phi) is 8.54. The fraction of sp³-hybridized carbons (Fsp3) is 0.0149. The summed E-state index contributed by atoms with van der Waals surface area (Å²) in [5.74, 6) is 1.22. The molecule has 2 heterocycles. The zero-order valence-electron chi connectivity index (χ0n) is 38.3. The van der Waals surface area contributed by atoms with Gasteiger partial charge in [0, 0.05) is 11.1 Å². The van der Waals surface area contributed by atoms with Gasteiger partial charge in [0.1, 0.15) is 11.0 Å². The first-order valence-corrected chi connectivity index (χ1v) is 24.2. The summed E-state index contributed by atoms with van der Waals surface area (Å²) in [7, 11) is 0. The van der Waals surface area contributed by atoms with Gasteiger partial charge in [-0.05, 0) is 179 Å². The fourth-order valence-electron chi connectivity index (χ4n) is 11.7. The molecule has 15 rings (SSSR count). The second kappa shape index (κ2) is 15.3. The normalized spacial score (nSPS) is 12.9. The van der Waals surface area contributed by atoms with Gasteiger partial charge in [-0.1, -0.05) is 164 Å². The van der Waals surface area contributed by atoms with E-state index in [1.807, 2.05) is 48.5 Å². The summed E-state index contributed by atoms with van der Waals surface area (Å²) in [4.78, 5) is 9.54. The zero-order chi connectivity index (χ0) is 46.6. The van der Waals surface area contributed by atoms with Gasteiger partial charge in [-0.25, -0.2) is 9.97 Å². The third-order valence-corrected chi connectivity index (χ3v) is 15.0. The standard InChI is InChI=1S/C67H40N2O2/c1-2-15-52-43(12-1)33-35-58-64(52)55-34-32-48(40-59(55)67(58)56-18-5-3-16-53(56)54-17-4-6-19-57(54)67)46-13-11-14-47(36-46)51-38-49(41-24-28-44(29-25-41)65-68-60-20-7-9-22-62(60)70-65)37-50(39-51)42-26-30-45(31-27-42)66-69-61-21-8-10-23-63(61)71-66/h1-40H. The number of nitrogens with zero attached hydrogens (tertiary/aromatic N) is 2. The second-order valence-electron chi connectivity index (χ2n) is 18.8. The van der Waals surface area contributed by atoms with Crippen LogP contribution in [0, 0.1) is 0 Å². The van der Waals surface area contributed by atoms with Crippen molar-refractivity contribution in [1.29, 1.82) is 0 Å². The van der Waals surface area contributed by atoms with Crippen molar-refractivity contribution < 1.29 is 8.83 Å². The maximum absolute atomic E-state index is 6.15. The topological polar surface area (TPSA) is 52.1 Å². The number of para-hydroxylation sites is 4. The summed E-state index contributed by atoms with van der Waals surface area (Å²) in [6.07, 6.45) is 0. The Hall–Kier alpha value is -9.38. The van der Waals surface area contributed by atoms with E-state index >= 15 is 0 Å². The second-order valence-corrected chi connectivity index (χ2v) is 18.8. The predicted octanol–water partition coefficient (Wildman–Crippen LogP) is 17.5. The van der Waals surface area contributed by atoms with Crippen molar-refractivity contribution in [3.8, 4) is 89.7 Å². The summed E-state index contributed by atoms with van der Waals surface area (Å²) < 4.78 is 12.3. The van der Waals surface area contributed by atoms with Gasteiger partial charge in [0.25, 0.3) is 0 Å². The summed E-state index contributed by atoms with van der Waals surface area (Å²) in [5, 5.41) is 2.54. The number of rotatable bonds is 6. The molecular weight excluding hydrogens is 865 g/mol. The van der Waals surface area contributed by atoms with Crippen LogP contribution in [0.25, 0.3) is 123 Å². The SMILES string of the molecule is c1cc(-c2cc(-c3ccc(-c4nc5ccccc5o4)cc3)cc(-c3ccc(-c4nc5ccccc5o4)cc3)c2)cc(-c2ccc3c(c2)C2(c4ccccc4-c4ccccc42)c2ccc4ccccc4c2-3)c1. The maximum atomic E-state index is 6.15. The molecule has 0 fully saturated rings. The lowest BCUT2D eigenvalue weighted by atomic mass is 9.70. The van der Waals surface area contributed by atoms with E-state index in [2.05, 4.69) is 194 Å². The Morgan fingerprint density at radius 3 is 1.35 bits per heavy atom. The molecular formula is C67H40N2O2. The van der Waals surface area contributed by atoms with E-state index in [0.717, 1.165) is 72.3 Å². The van der Waals surface area contributed by atoms with Crippen LogP contribution in [0.4, 0.5) is 0 Å². The van der Waals surface area contributed by atoms with Crippen LogP contribution < -0.4 is 0 Å². The van der Waals surface area contributed by atoms with Crippen LogP contribution in [0.3, 0.4) is 0 Å². The minimum Gasteiger partial charge on any atom is -0.436 e. The Labute approximate surface area is 409 Å². The first-order chi connectivity index (χ1) is 35.1. The van der Waals surface area contributed by atoms with Gasteiger partial charge in [0.2, 0.25) is 11.8 Å². The van der Waals surface area contributed by atoms with E-state index < -0.39 is 5.41 Å². The number of hydrogen-bond donors (Lipinski definition) is 0. The Balaban J connectivity index is 0.865. The number of hydrogen-bond acceptors (Lipinski definition) is 4. The van der Waals surface area contributed by atoms with Crippen LogP contribution in [0.1, 0.15) is 22.3 Å². The summed E-state index contributed by atoms with van der Waals surface area (Å²) >= 11 is 0. The fourth-order valence-corrected chi connectivity index (χ4v) is 11.7. The van der Waals surface area contributed by atoms with Crippen LogP contribution in [0.2, 0.25) is 0 Å². The molecule has 2 aliphatic carbocycles. The quantitative estimate of drug-likeness (QED) is 0.167. The highest BCUT2D eigenvalue weighted by molar-refractivity contribution is 6.06. The lowest BCUT2D eigenvalue weighted by Gasteiger charge is -2.31. The van der Waals surface area contributed by atoms with E-state index in [4.69, 9.17) is 18.8 Å². The third-order valence-electron chi connectivity index (χ3n) is 15.0. The van der Waals surface area contributed by atoms with Gasteiger partial charge in [0.15, 0.2) is 11.2 Å². The Bertz CT molecular complexity index is 4040. The number of oxazole rings is 2. The third kappa shape index (κ3) is 6.05. The Morgan fingerprint density at radius 1 is 0.282 bits per heavy atom. The molecule has 0 saturated heterocycles. The predicted molar refractivity (Wildman–Crippen MR) is 288 cm³/mol. The lowest BCUT2D eigenvalue weighted by Crippen LogP contribution is -2.25. The highest BCUT2D eigenvalue weighted by Crippen LogP contribution is 2.64. The molecule has 0 radical (unpaired) electrons. The van der Waals surface area contributed by atoms with Gasteiger partial charge in [-0.15, -0.1) is 0 Å². The average molecular weight is 905 g/mol. The van der Waals surface area contributed by atoms with Crippen LogP contribution in [-0.2, 0) is 5.41 Å². The van der Waals surface area contributed by atoms with Crippen LogP contribution in [-0.4, -0.2) is 9.97 Å². The molecule has 4 nitrogen and oxygen atoms in total. The van der Waals surface area contributed by atoms with Gasteiger partial charge >= 0.3 is 0 Å². The first-order valence-electron chi connectivity index (χ1n) is 24.2. The summed E-state index contributed by atoms with van der Waals surface area (Å²) in [5.41, 5.74) is 24.3. The smallest absolute Gasteiger partial charge is 0.227 e. The van der Waals surface area contributed by atoms with Crippen molar-refractivity contribution in [2.45, 2.75) is 5.41 Å². The largest absolute Gasteiger partial charge is 0.436 e. The van der Waals surface area contributed by atoms with E-state index in [1.165, 1.54) is 60.8 Å². The zero-order valence-corrected chi connectivity index (χ0v) is 38.3. The van der Waals surface area contributed by atoms with Crippen LogP contribution in [0.5, 0.6) is 0 Å². The minimum atomic E-state index is -0.454. The molecule has 11 aromatic carbocycles. The molecule has 13 aromatic rings. The van der Waals surface area contributed by atoms with Crippen LogP contribution in [0.15, 0.2) is 251 Å². The highest BCUT2D eigenvalue weighted by Gasteiger charge is 2.52. The number of aromatic nitrogens is 2. The van der Waals surface area contributed by atoms with Gasteiger partial charge in [-0.2, -0.15) is 0 Å². The van der Waals surface area contributed by atoms with E-state index in [9.17, 15) is 0 Å². The molecule has 71 heavy (non-hydrogen) atoms. The minimum absolute atomic E-state index is 0.454. The molecule has 0 saturated carbocycles. The van der Waals surface area contributed by atoms with Gasteiger partial charge in [-0.3, -0.25) is 0 Å². The van der Waals surface area contributed by atoms with Crippen LogP contribution >= 0.6 is 0 Å². The number of fused-ring (bicyclic) bond motifs is 14. The maximum Gasteiger partial charge on any atom is 0.227 e. The molecule has 0 bridgehead atoms. The van der Waals surface area contributed by atoms with Gasteiger partial charge < -0.3 is 8.83 Å². The molecule has 330 valence electrons. The van der Waals surface area contributed by atoms with Crippen molar-refractivity contribution in [2.75, 3.05) is 0 Å². The van der Waals surface area contributed by atoms with Crippen molar-refractivity contribution in [3.05, 3.63) is 265 Å². The van der Waals surface area contributed by atoms with Crippen molar-refractivity contribution in [1.82, 2.24) is 9.97 Å². The molecule has 0 amide bonds. The summed E-state index contributed by atoms with van der Waals surface area (Å²) in [6.45, 7) is 0. The van der Waals surface area contributed by atoms with E-state index in [-0.39, 0.29) is 0 Å². The molecule has 1 spiro atoms. The lowest BCUT2D eigenvalue weighted by molar-refractivity contribution is 0.619. The molecule has 0 unspecified atom stereocenters. The number of benzene rings is 11. The van der Waals surface area contributed by atoms with Gasteiger partial charge in [0.05, 0.1) is 5.41 Å².